The molecule has 104 valence electrons. The summed E-state index contributed by atoms with van der Waals surface area (Å²) in [6.45, 7) is 0. The Morgan fingerprint density at radius 2 is 2.00 bits per heavy atom. The summed E-state index contributed by atoms with van der Waals surface area (Å²) in [6, 6.07) is 7.80. The Kier molecular flexibility index (Phi) is 3.73. The van der Waals surface area contributed by atoms with Crippen molar-refractivity contribution in [2.75, 3.05) is 16.8 Å². The van der Waals surface area contributed by atoms with E-state index in [1.807, 2.05) is 36.0 Å². The van der Waals surface area contributed by atoms with Crippen LogP contribution >= 0.6 is 11.8 Å². The largest absolute Gasteiger partial charge is 0.476 e. The van der Waals surface area contributed by atoms with Crippen LogP contribution < -0.4 is 5.32 Å². The summed E-state index contributed by atoms with van der Waals surface area (Å²) in [5.41, 5.74) is 1.31. The third-order valence-electron chi connectivity index (χ3n) is 3.44. The fraction of sp³-hybridized carbons (Fsp3) is 0.357. The van der Waals surface area contributed by atoms with Crippen LogP contribution in [0.25, 0.3) is 10.9 Å². The van der Waals surface area contributed by atoms with E-state index >= 15 is 0 Å². The van der Waals surface area contributed by atoms with Crippen LogP contribution in [0.15, 0.2) is 24.3 Å². The third-order valence-corrected chi connectivity index (χ3v) is 4.49. The Hall–Kier alpha value is -1.82. The Morgan fingerprint density at radius 1 is 1.25 bits per heavy atom. The second-order valence-corrected chi connectivity index (χ2v) is 6.00. The standard InChI is InChI=1S/C14H15N3O2S/c18-14(19)13-12(15-9-5-7-20-8-6-9)10-3-1-2-4-11(10)16-17-13/h1-4,9H,5-8H2,(H,15,16)(H,18,19). The van der Waals surface area contributed by atoms with Crippen molar-refractivity contribution in [2.24, 2.45) is 0 Å². The van der Waals surface area contributed by atoms with Crippen molar-refractivity contribution in [3.8, 4) is 0 Å². The van der Waals surface area contributed by atoms with Gasteiger partial charge in [0.15, 0.2) is 5.69 Å². The molecular weight excluding hydrogens is 274 g/mol. The molecule has 2 heterocycles. The van der Waals surface area contributed by atoms with Crippen molar-refractivity contribution in [1.82, 2.24) is 10.2 Å². The molecule has 1 aromatic heterocycles. The Balaban J connectivity index is 2.04. The highest BCUT2D eigenvalue weighted by Crippen LogP contribution is 2.28. The van der Waals surface area contributed by atoms with Gasteiger partial charge in [-0.15, -0.1) is 10.2 Å². The van der Waals surface area contributed by atoms with Crippen molar-refractivity contribution in [2.45, 2.75) is 18.9 Å². The molecule has 0 radical (unpaired) electrons. The van der Waals surface area contributed by atoms with Gasteiger partial charge in [0, 0.05) is 11.4 Å². The van der Waals surface area contributed by atoms with Gasteiger partial charge in [0.2, 0.25) is 0 Å². The van der Waals surface area contributed by atoms with E-state index in [4.69, 9.17) is 0 Å². The van der Waals surface area contributed by atoms with Gasteiger partial charge in [0.1, 0.15) is 0 Å². The molecule has 1 aromatic carbocycles. The van der Waals surface area contributed by atoms with Gasteiger partial charge >= 0.3 is 5.97 Å². The van der Waals surface area contributed by atoms with Gasteiger partial charge in [-0.1, -0.05) is 18.2 Å². The van der Waals surface area contributed by atoms with E-state index < -0.39 is 5.97 Å². The first-order chi connectivity index (χ1) is 9.75. The summed E-state index contributed by atoms with van der Waals surface area (Å²) in [7, 11) is 0. The molecule has 5 nitrogen and oxygen atoms in total. The van der Waals surface area contributed by atoms with Crippen LogP contribution in [0.1, 0.15) is 23.3 Å². The van der Waals surface area contributed by atoms with Crippen LogP contribution in [0.4, 0.5) is 5.69 Å². The van der Waals surface area contributed by atoms with Crippen LogP contribution in [-0.4, -0.2) is 38.8 Å². The zero-order valence-corrected chi connectivity index (χ0v) is 11.7. The number of nitrogens with zero attached hydrogens (tertiary/aromatic N) is 2. The van der Waals surface area contributed by atoms with Crippen LogP contribution in [0.2, 0.25) is 0 Å². The van der Waals surface area contributed by atoms with Gasteiger partial charge in [-0.25, -0.2) is 4.79 Å². The van der Waals surface area contributed by atoms with E-state index in [-0.39, 0.29) is 5.69 Å². The first-order valence-electron chi connectivity index (χ1n) is 6.58. The van der Waals surface area contributed by atoms with E-state index in [1.165, 1.54) is 0 Å². The Bertz CT molecular complexity index is 641. The first-order valence-corrected chi connectivity index (χ1v) is 7.74. The smallest absolute Gasteiger partial charge is 0.358 e. The maximum absolute atomic E-state index is 11.4. The van der Waals surface area contributed by atoms with Crippen LogP contribution in [0.5, 0.6) is 0 Å². The van der Waals surface area contributed by atoms with Crippen molar-refractivity contribution in [3.63, 3.8) is 0 Å². The highest BCUT2D eigenvalue weighted by molar-refractivity contribution is 7.99. The van der Waals surface area contributed by atoms with Crippen molar-refractivity contribution in [3.05, 3.63) is 30.0 Å². The molecule has 3 rings (SSSR count). The zero-order valence-electron chi connectivity index (χ0n) is 10.9. The second kappa shape index (κ2) is 5.66. The fourth-order valence-electron chi connectivity index (χ4n) is 2.40. The predicted molar refractivity (Wildman–Crippen MR) is 80.5 cm³/mol. The normalized spacial score (nSPS) is 16.2. The SMILES string of the molecule is O=C(O)c1nnc2ccccc2c1NC1CCSCC1. The lowest BCUT2D eigenvalue weighted by molar-refractivity contribution is 0.0690. The molecule has 1 aliphatic rings. The topological polar surface area (TPSA) is 75.1 Å². The fourth-order valence-corrected chi connectivity index (χ4v) is 3.50. The molecule has 1 aliphatic heterocycles. The minimum atomic E-state index is -1.05. The Morgan fingerprint density at radius 3 is 2.75 bits per heavy atom. The van der Waals surface area contributed by atoms with Gasteiger partial charge in [0.05, 0.1) is 11.2 Å². The van der Waals surface area contributed by atoms with E-state index in [0.29, 0.717) is 17.2 Å². The summed E-state index contributed by atoms with van der Waals surface area (Å²) in [6.07, 6.45) is 2.08. The average Bonchev–Trinajstić information content (AvgIpc) is 2.48. The minimum Gasteiger partial charge on any atom is -0.476 e. The van der Waals surface area contributed by atoms with E-state index in [0.717, 1.165) is 29.7 Å². The molecule has 0 atom stereocenters. The van der Waals surface area contributed by atoms with Crippen LogP contribution in [-0.2, 0) is 0 Å². The van der Waals surface area contributed by atoms with Crippen molar-refractivity contribution < 1.29 is 9.90 Å². The zero-order chi connectivity index (χ0) is 13.9. The number of anilines is 1. The number of aromatic nitrogens is 2. The quantitative estimate of drug-likeness (QED) is 0.904. The number of nitrogens with one attached hydrogen (secondary N) is 1. The predicted octanol–water partition coefficient (Wildman–Crippen LogP) is 2.64. The lowest BCUT2D eigenvalue weighted by Gasteiger charge is -2.24. The molecule has 0 amide bonds. The van der Waals surface area contributed by atoms with Crippen LogP contribution in [0.3, 0.4) is 0 Å². The molecule has 0 aliphatic carbocycles. The van der Waals surface area contributed by atoms with Gasteiger partial charge in [-0.2, -0.15) is 11.8 Å². The summed E-state index contributed by atoms with van der Waals surface area (Å²) in [4.78, 5) is 11.4. The summed E-state index contributed by atoms with van der Waals surface area (Å²) < 4.78 is 0. The van der Waals surface area contributed by atoms with Gasteiger partial charge in [0.25, 0.3) is 0 Å². The molecule has 2 N–H and O–H groups in total. The number of hydrogen-bond donors (Lipinski definition) is 2. The number of hydrogen-bond acceptors (Lipinski definition) is 5. The number of fused-ring (bicyclic) bond motifs is 1. The average molecular weight is 289 g/mol. The number of rotatable bonds is 3. The monoisotopic (exact) mass is 289 g/mol. The lowest BCUT2D eigenvalue weighted by atomic mass is 10.1. The summed E-state index contributed by atoms with van der Waals surface area (Å²) in [5, 5.41) is 21.3. The lowest BCUT2D eigenvalue weighted by Crippen LogP contribution is -2.26. The number of carbonyl (C=O) groups is 1. The molecule has 0 bridgehead atoms. The number of aromatic carboxylic acids is 1. The van der Waals surface area contributed by atoms with Crippen LogP contribution in [0, 0.1) is 0 Å². The summed E-state index contributed by atoms with van der Waals surface area (Å²) >= 11 is 1.94. The van der Waals surface area contributed by atoms with Crippen molar-refractivity contribution in [1.29, 1.82) is 0 Å². The summed E-state index contributed by atoms with van der Waals surface area (Å²) in [5.74, 6) is 1.17. The maximum atomic E-state index is 11.4. The molecule has 0 saturated carbocycles. The molecule has 1 fully saturated rings. The third kappa shape index (κ3) is 2.56. The number of carboxylic acid groups (broad SMARTS) is 1. The van der Waals surface area contributed by atoms with E-state index in [1.54, 1.807) is 0 Å². The molecular formula is C14H15N3O2S. The molecule has 20 heavy (non-hydrogen) atoms. The first kappa shape index (κ1) is 13.2. The maximum Gasteiger partial charge on any atom is 0.358 e. The molecule has 1 saturated heterocycles. The number of benzene rings is 1. The highest BCUT2D eigenvalue weighted by Gasteiger charge is 2.20. The number of thioether (sulfide) groups is 1. The van der Waals surface area contributed by atoms with Gasteiger partial charge in [-0.3, -0.25) is 0 Å². The van der Waals surface area contributed by atoms with Gasteiger partial charge < -0.3 is 10.4 Å². The molecule has 2 aromatic rings. The van der Waals surface area contributed by atoms with E-state index in [9.17, 15) is 9.90 Å². The van der Waals surface area contributed by atoms with Crippen molar-refractivity contribution >= 4 is 34.3 Å². The van der Waals surface area contributed by atoms with E-state index in [2.05, 4.69) is 15.5 Å². The molecule has 0 spiro atoms. The molecule has 6 heteroatoms. The number of carboxylic acids is 1. The molecule has 0 unspecified atom stereocenters. The second-order valence-electron chi connectivity index (χ2n) is 4.78. The minimum absolute atomic E-state index is 0.00178. The highest BCUT2D eigenvalue weighted by atomic mass is 32.2. The van der Waals surface area contributed by atoms with Gasteiger partial charge in [-0.05, 0) is 30.4 Å². The Labute approximate surface area is 120 Å².